The lowest BCUT2D eigenvalue weighted by molar-refractivity contribution is 0.0697. The van der Waals surface area contributed by atoms with Gasteiger partial charge in [-0.05, 0) is 47.7 Å². The van der Waals surface area contributed by atoms with Gasteiger partial charge in [0.15, 0.2) is 0 Å². The van der Waals surface area contributed by atoms with E-state index >= 15 is 0 Å². The fourth-order valence-electron chi connectivity index (χ4n) is 3.84. The number of carboxylic acids is 1. The van der Waals surface area contributed by atoms with E-state index in [1.807, 2.05) is 54.6 Å². The van der Waals surface area contributed by atoms with E-state index in [1.54, 1.807) is 31.5 Å². The number of aromatic nitrogens is 2. The first-order valence-electron chi connectivity index (χ1n) is 9.54. The highest BCUT2D eigenvalue weighted by atomic mass is 16.5. The smallest absolute Gasteiger partial charge is 0.336 e. The van der Waals surface area contributed by atoms with Crippen LogP contribution in [0.15, 0.2) is 60.8 Å². The Morgan fingerprint density at radius 2 is 1.77 bits per heavy atom. The minimum atomic E-state index is -0.971. The number of carboxylic acid groups (broad SMARTS) is 1. The Kier molecular flexibility index (Phi) is 5.01. The summed E-state index contributed by atoms with van der Waals surface area (Å²) in [4.78, 5) is 16.0. The number of hydrogen-bond acceptors (Lipinski definition) is 4. The van der Waals surface area contributed by atoms with Crippen LogP contribution in [-0.2, 0) is 0 Å². The molecular formula is C24H22N2O4. The van der Waals surface area contributed by atoms with Gasteiger partial charge >= 0.3 is 5.97 Å². The van der Waals surface area contributed by atoms with Crippen LogP contribution in [0.5, 0.6) is 5.88 Å². The highest BCUT2D eigenvalue weighted by molar-refractivity contribution is 5.96. The maximum atomic E-state index is 11.5. The Labute approximate surface area is 174 Å². The lowest BCUT2D eigenvalue weighted by Gasteiger charge is -2.18. The molecule has 152 valence electrons. The molecule has 0 radical (unpaired) electrons. The Balaban J connectivity index is 1.76. The molecule has 0 bridgehead atoms. The minimum Gasteiger partial charge on any atom is -0.480 e. The van der Waals surface area contributed by atoms with E-state index in [4.69, 9.17) is 4.74 Å². The van der Waals surface area contributed by atoms with Crippen molar-refractivity contribution >= 4 is 11.6 Å². The van der Waals surface area contributed by atoms with Crippen LogP contribution >= 0.6 is 0 Å². The summed E-state index contributed by atoms with van der Waals surface area (Å²) in [5.41, 5.74) is 5.74. The normalized spacial score (nSPS) is 12.1. The van der Waals surface area contributed by atoms with Crippen LogP contribution in [0, 0.1) is 13.8 Å². The number of aliphatic hydroxyl groups is 1. The molecule has 0 aliphatic carbocycles. The molecule has 0 amide bonds. The Morgan fingerprint density at radius 3 is 2.43 bits per heavy atom. The molecule has 2 aromatic heterocycles. The standard InChI is InChI=1S/C24H22N2O4/c1-14-12-15(2)23-25-20(30-3)13-26(23)21(14)22(27)17-10-8-16(9-11-17)18-6-4-5-7-19(18)24(28)29/h4-13,22,27H,1-3H3,(H,28,29). The van der Waals surface area contributed by atoms with E-state index < -0.39 is 12.1 Å². The van der Waals surface area contributed by atoms with Gasteiger partial charge in [-0.3, -0.25) is 4.40 Å². The first kappa shape index (κ1) is 19.7. The second kappa shape index (κ2) is 7.65. The molecule has 30 heavy (non-hydrogen) atoms. The van der Waals surface area contributed by atoms with Crippen molar-refractivity contribution in [3.8, 4) is 17.0 Å². The number of pyridine rings is 1. The van der Waals surface area contributed by atoms with Crippen molar-refractivity contribution in [3.05, 3.63) is 88.7 Å². The number of aryl methyl sites for hydroxylation is 2. The Bertz CT molecular complexity index is 1240. The number of methoxy groups -OCH3 is 1. The van der Waals surface area contributed by atoms with Crippen LogP contribution in [0.25, 0.3) is 16.8 Å². The zero-order valence-electron chi connectivity index (χ0n) is 17.0. The van der Waals surface area contributed by atoms with Gasteiger partial charge in [0.05, 0.1) is 24.6 Å². The number of rotatable bonds is 5. The molecular weight excluding hydrogens is 380 g/mol. The zero-order chi connectivity index (χ0) is 21.4. The van der Waals surface area contributed by atoms with Crippen molar-refractivity contribution in [3.63, 3.8) is 0 Å². The molecule has 1 unspecified atom stereocenters. The van der Waals surface area contributed by atoms with E-state index in [-0.39, 0.29) is 5.56 Å². The molecule has 0 saturated carbocycles. The predicted octanol–water partition coefficient (Wildman–Crippen LogP) is 4.41. The Morgan fingerprint density at radius 1 is 1.07 bits per heavy atom. The van der Waals surface area contributed by atoms with E-state index in [1.165, 1.54) is 0 Å². The summed E-state index contributed by atoms with van der Waals surface area (Å²) in [6.07, 6.45) is 0.890. The van der Waals surface area contributed by atoms with Crippen LogP contribution in [0.3, 0.4) is 0 Å². The number of aliphatic hydroxyl groups excluding tert-OH is 1. The van der Waals surface area contributed by atoms with Crippen molar-refractivity contribution in [2.24, 2.45) is 0 Å². The average molecular weight is 402 g/mol. The van der Waals surface area contributed by atoms with E-state index in [0.29, 0.717) is 22.7 Å². The van der Waals surface area contributed by atoms with Crippen LogP contribution in [0.2, 0.25) is 0 Å². The van der Waals surface area contributed by atoms with Crippen LogP contribution < -0.4 is 4.74 Å². The first-order chi connectivity index (χ1) is 14.4. The van der Waals surface area contributed by atoms with Gasteiger partial charge in [0, 0.05) is 0 Å². The zero-order valence-corrected chi connectivity index (χ0v) is 17.0. The molecule has 0 fully saturated rings. The molecule has 0 saturated heterocycles. The van der Waals surface area contributed by atoms with Gasteiger partial charge in [0.25, 0.3) is 0 Å². The van der Waals surface area contributed by atoms with Crippen LogP contribution in [-0.4, -0.2) is 32.7 Å². The Hall–Kier alpha value is -3.64. The van der Waals surface area contributed by atoms with E-state index in [9.17, 15) is 15.0 Å². The molecule has 4 aromatic rings. The third-order valence-electron chi connectivity index (χ3n) is 5.30. The van der Waals surface area contributed by atoms with Crippen molar-refractivity contribution in [2.75, 3.05) is 7.11 Å². The number of ether oxygens (including phenoxy) is 1. The molecule has 2 aromatic carbocycles. The number of nitrogens with zero attached hydrogens (tertiary/aromatic N) is 2. The third-order valence-corrected chi connectivity index (χ3v) is 5.30. The number of fused-ring (bicyclic) bond motifs is 1. The number of aromatic carboxylic acids is 1. The second-order valence-electron chi connectivity index (χ2n) is 7.25. The maximum Gasteiger partial charge on any atom is 0.336 e. The highest BCUT2D eigenvalue weighted by Gasteiger charge is 2.20. The summed E-state index contributed by atoms with van der Waals surface area (Å²) in [6.45, 7) is 3.93. The van der Waals surface area contributed by atoms with Crippen LogP contribution in [0.1, 0.15) is 38.8 Å². The molecule has 6 heteroatoms. The first-order valence-corrected chi connectivity index (χ1v) is 9.54. The summed E-state index contributed by atoms with van der Waals surface area (Å²) >= 11 is 0. The number of benzene rings is 2. The van der Waals surface area contributed by atoms with Gasteiger partial charge in [0.2, 0.25) is 5.88 Å². The minimum absolute atomic E-state index is 0.243. The third kappa shape index (κ3) is 3.31. The fraction of sp³-hybridized carbons (Fsp3) is 0.167. The summed E-state index contributed by atoms with van der Waals surface area (Å²) in [6, 6.07) is 16.2. The molecule has 0 spiro atoms. The van der Waals surface area contributed by atoms with Crippen molar-refractivity contribution in [1.29, 1.82) is 0 Å². The van der Waals surface area contributed by atoms with Gasteiger partial charge in [-0.2, -0.15) is 4.98 Å². The molecule has 6 nitrogen and oxygen atoms in total. The second-order valence-corrected chi connectivity index (χ2v) is 7.25. The number of imidazole rings is 1. The quantitative estimate of drug-likeness (QED) is 0.517. The van der Waals surface area contributed by atoms with Gasteiger partial charge < -0.3 is 14.9 Å². The lowest BCUT2D eigenvalue weighted by atomic mass is 9.96. The maximum absolute atomic E-state index is 11.5. The van der Waals surface area contributed by atoms with Crippen LogP contribution in [0.4, 0.5) is 0 Å². The lowest BCUT2D eigenvalue weighted by Crippen LogP contribution is -2.09. The highest BCUT2D eigenvalue weighted by Crippen LogP contribution is 2.31. The molecule has 2 heterocycles. The largest absolute Gasteiger partial charge is 0.480 e. The summed E-state index contributed by atoms with van der Waals surface area (Å²) in [7, 11) is 1.56. The molecule has 4 rings (SSSR count). The summed E-state index contributed by atoms with van der Waals surface area (Å²) < 4.78 is 7.13. The van der Waals surface area contributed by atoms with Gasteiger partial charge in [0.1, 0.15) is 11.8 Å². The van der Waals surface area contributed by atoms with Crippen molar-refractivity contribution in [2.45, 2.75) is 20.0 Å². The summed E-state index contributed by atoms with van der Waals surface area (Å²) in [5.74, 6) is -0.487. The molecule has 2 N–H and O–H groups in total. The van der Waals surface area contributed by atoms with Gasteiger partial charge in [-0.1, -0.05) is 48.5 Å². The number of carbonyl (C=O) groups is 1. The SMILES string of the molecule is COc1cn2c(C(O)c3ccc(-c4ccccc4C(=O)O)cc3)c(C)cc(C)c2n1. The fourth-order valence-corrected chi connectivity index (χ4v) is 3.84. The summed E-state index contributed by atoms with van der Waals surface area (Å²) in [5, 5.41) is 20.6. The van der Waals surface area contributed by atoms with Gasteiger partial charge in [-0.25, -0.2) is 4.79 Å². The molecule has 1 atom stereocenters. The topological polar surface area (TPSA) is 84.1 Å². The van der Waals surface area contributed by atoms with E-state index in [0.717, 1.165) is 22.3 Å². The number of hydrogen-bond donors (Lipinski definition) is 2. The van der Waals surface area contributed by atoms with Crippen molar-refractivity contribution in [1.82, 2.24) is 9.38 Å². The monoisotopic (exact) mass is 402 g/mol. The molecule has 0 aliphatic rings. The predicted molar refractivity (Wildman–Crippen MR) is 114 cm³/mol. The average Bonchev–Trinajstić information content (AvgIpc) is 3.18. The molecule has 0 aliphatic heterocycles. The van der Waals surface area contributed by atoms with Crippen molar-refractivity contribution < 1.29 is 19.7 Å². The van der Waals surface area contributed by atoms with Gasteiger partial charge in [-0.15, -0.1) is 0 Å². The van der Waals surface area contributed by atoms with E-state index in [2.05, 4.69) is 4.98 Å².